The first-order chi connectivity index (χ1) is 13.5. The molecule has 0 saturated heterocycles. The highest BCUT2D eigenvalue weighted by Crippen LogP contribution is 2.50. The van der Waals surface area contributed by atoms with Gasteiger partial charge in [0.15, 0.2) is 0 Å². The molecule has 3 saturated carbocycles. The van der Waals surface area contributed by atoms with Crippen molar-refractivity contribution in [1.29, 1.82) is 0 Å². The van der Waals surface area contributed by atoms with Gasteiger partial charge in [-0.25, -0.2) is 4.74 Å². The Hall–Kier alpha value is -0.290. The van der Waals surface area contributed by atoms with Crippen LogP contribution in [0.1, 0.15) is 58.8 Å². The molecule has 0 aromatic carbocycles. The molecule has 0 N–H and O–H groups in total. The normalized spacial score (nSPS) is 31.1. The van der Waals surface area contributed by atoms with E-state index in [1.807, 2.05) is 0 Å². The molecule has 2 atom stereocenters. The predicted octanol–water partition coefficient (Wildman–Crippen LogP) is 7.00. The van der Waals surface area contributed by atoms with Crippen LogP contribution in [0.2, 0.25) is 0 Å². The van der Waals surface area contributed by atoms with E-state index in [0.717, 1.165) is 25.2 Å². The fourth-order valence-electron chi connectivity index (χ4n) is 4.78. The highest BCUT2D eigenvalue weighted by molar-refractivity contribution is 7.81. The lowest BCUT2D eigenvalue weighted by Gasteiger charge is -2.47. The monoisotopic (exact) mass is 472 g/mol. The van der Waals surface area contributed by atoms with E-state index in [-0.39, 0.29) is 18.6 Å². The number of hydrogen-bond acceptors (Lipinski definition) is 3. The Morgan fingerprint density at radius 1 is 0.900 bits per heavy atom. The first-order valence-electron chi connectivity index (χ1n) is 9.98. The molecule has 0 radical (unpaired) electrons. The molecule has 2 nitrogen and oxygen atoms in total. The van der Waals surface area contributed by atoms with Crippen molar-refractivity contribution in [2.75, 3.05) is 13.2 Å². The zero-order valence-corrected chi connectivity index (χ0v) is 17.8. The third-order valence-electron chi connectivity index (χ3n) is 5.95. The summed E-state index contributed by atoms with van der Waals surface area (Å²) in [5.74, 6) is -3.20. The summed E-state index contributed by atoms with van der Waals surface area (Å²) in [4.78, 5) is 0. The number of hydrogen-bond donors (Lipinski definition) is 1. The molecule has 3 rings (SSSR count). The maximum atomic E-state index is 13.7. The summed E-state index contributed by atoms with van der Waals surface area (Å²) in [5.41, 5.74) is -0.148. The van der Waals surface area contributed by atoms with Gasteiger partial charge in [-0.3, -0.25) is 0 Å². The Bertz CT molecular complexity index is 573. The third-order valence-corrected chi connectivity index (χ3v) is 6.21. The SMILES string of the molecule is CC1CC2CC(C2)CC(C)(COCCCC(F)(F)C(F)(F)OC(F)(F)C(F)(F)S)C1. The van der Waals surface area contributed by atoms with Gasteiger partial charge >= 0.3 is 23.4 Å². The molecular weight excluding hydrogens is 444 g/mol. The van der Waals surface area contributed by atoms with E-state index in [2.05, 4.69) is 31.2 Å². The smallest absolute Gasteiger partial charge is 0.381 e. The largest absolute Gasteiger partial charge is 0.434 e. The number of thiol groups is 1. The number of alkyl halides is 8. The zero-order valence-electron chi connectivity index (χ0n) is 16.9. The maximum Gasteiger partial charge on any atom is 0.434 e. The Balaban J connectivity index is 1.80. The van der Waals surface area contributed by atoms with Crippen LogP contribution in [-0.2, 0) is 9.47 Å². The van der Waals surface area contributed by atoms with E-state index < -0.39 is 36.2 Å². The van der Waals surface area contributed by atoms with Crippen molar-refractivity contribution in [1.82, 2.24) is 0 Å². The highest BCUT2D eigenvalue weighted by atomic mass is 32.1. The zero-order chi connectivity index (χ0) is 23.0. The van der Waals surface area contributed by atoms with Gasteiger partial charge < -0.3 is 4.74 Å². The van der Waals surface area contributed by atoms with Gasteiger partial charge in [-0.1, -0.05) is 26.5 Å². The van der Waals surface area contributed by atoms with Crippen LogP contribution < -0.4 is 0 Å². The first kappa shape index (κ1) is 26.0. The van der Waals surface area contributed by atoms with Crippen molar-refractivity contribution in [3.8, 4) is 0 Å². The van der Waals surface area contributed by atoms with Crippen molar-refractivity contribution < 1.29 is 44.6 Å². The van der Waals surface area contributed by atoms with Crippen molar-refractivity contribution >= 4 is 12.6 Å². The molecule has 3 fully saturated rings. The lowest BCUT2D eigenvalue weighted by molar-refractivity contribution is -0.455. The van der Waals surface area contributed by atoms with Crippen LogP contribution in [0.5, 0.6) is 0 Å². The minimum Gasteiger partial charge on any atom is -0.381 e. The van der Waals surface area contributed by atoms with Crippen molar-refractivity contribution in [2.24, 2.45) is 23.2 Å². The molecule has 0 amide bonds. The summed E-state index contributed by atoms with van der Waals surface area (Å²) in [5, 5.41) is -5.35. The highest BCUT2D eigenvalue weighted by Gasteiger charge is 2.67. The number of halogens is 8. The Morgan fingerprint density at radius 2 is 1.50 bits per heavy atom. The van der Waals surface area contributed by atoms with E-state index in [4.69, 9.17) is 4.74 Å². The van der Waals surface area contributed by atoms with Crippen LogP contribution in [0.25, 0.3) is 0 Å². The van der Waals surface area contributed by atoms with Crippen LogP contribution in [0, 0.1) is 23.2 Å². The summed E-state index contributed by atoms with van der Waals surface area (Å²) in [7, 11) is 0. The molecule has 178 valence electrons. The lowest BCUT2D eigenvalue weighted by atomic mass is 9.60. The fourth-order valence-corrected chi connectivity index (χ4v) is 4.83. The maximum absolute atomic E-state index is 13.7. The molecule has 0 aromatic rings. The number of ether oxygens (including phenoxy) is 2. The lowest BCUT2D eigenvalue weighted by Crippen LogP contribution is -2.51. The second-order valence-corrected chi connectivity index (χ2v) is 9.86. The van der Waals surface area contributed by atoms with Gasteiger partial charge in [0, 0.05) is 13.0 Å². The molecule has 11 heteroatoms. The quantitative estimate of drug-likeness (QED) is 0.210. The van der Waals surface area contributed by atoms with Crippen LogP contribution in [0.3, 0.4) is 0 Å². The van der Waals surface area contributed by atoms with Crippen molar-refractivity contribution in [3.05, 3.63) is 0 Å². The van der Waals surface area contributed by atoms with Crippen molar-refractivity contribution in [3.63, 3.8) is 0 Å². The van der Waals surface area contributed by atoms with Crippen LogP contribution >= 0.6 is 12.6 Å². The molecule has 30 heavy (non-hydrogen) atoms. The predicted molar refractivity (Wildman–Crippen MR) is 97.2 cm³/mol. The van der Waals surface area contributed by atoms with E-state index in [1.165, 1.54) is 12.8 Å². The fraction of sp³-hybridized carbons (Fsp3) is 1.00. The minimum absolute atomic E-state index is 0.148. The van der Waals surface area contributed by atoms with Gasteiger partial charge in [0.05, 0.1) is 6.61 Å². The summed E-state index contributed by atoms with van der Waals surface area (Å²) in [6, 6.07) is 0. The van der Waals surface area contributed by atoms with Gasteiger partial charge in [0.2, 0.25) is 0 Å². The average Bonchev–Trinajstić information content (AvgIpc) is 2.48. The Labute approximate surface area is 176 Å². The van der Waals surface area contributed by atoms with Gasteiger partial charge in [0.1, 0.15) is 0 Å². The molecule has 2 bridgehead atoms. The van der Waals surface area contributed by atoms with Crippen LogP contribution in [0.4, 0.5) is 35.1 Å². The van der Waals surface area contributed by atoms with Crippen LogP contribution in [0.15, 0.2) is 0 Å². The van der Waals surface area contributed by atoms with E-state index in [1.54, 1.807) is 0 Å². The second kappa shape index (κ2) is 8.92. The topological polar surface area (TPSA) is 18.5 Å². The van der Waals surface area contributed by atoms with Gasteiger partial charge in [-0.15, -0.1) is 0 Å². The Kier molecular flexibility index (Phi) is 7.72. The molecule has 3 aliphatic rings. The van der Waals surface area contributed by atoms with E-state index in [0.29, 0.717) is 11.8 Å². The number of rotatable bonds is 10. The first-order valence-corrected chi connectivity index (χ1v) is 10.4. The summed E-state index contributed by atoms with van der Waals surface area (Å²) < 4.78 is 113. The van der Waals surface area contributed by atoms with E-state index in [9.17, 15) is 35.1 Å². The number of fused-ring (bicyclic) bond motifs is 4. The second-order valence-electron chi connectivity index (χ2n) is 9.30. The van der Waals surface area contributed by atoms with Crippen molar-refractivity contribution in [2.45, 2.75) is 82.2 Å². The molecule has 0 aliphatic heterocycles. The third kappa shape index (κ3) is 6.37. The molecule has 0 heterocycles. The van der Waals surface area contributed by atoms with Gasteiger partial charge in [0.25, 0.3) is 0 Å². The summed E-state index contributed by atoms with van der Waals surface area (Å²) in [6.07, 6.45) is -8.46. The summed E-state index contributed by atoms with van der Waals surface area (Å²) >= 11 is 2.12. The summed E-state index contributed by atoms with van der Waals surface area (Å²) in [6.45, 7) is 4.20. The Morgan fingerprint density at radius 3 is 2.07 bits per heavy atom. The van der Waals surface area contributed by atoms with Crippen LogP contribution in [-0.4, -0.2) is 36.6 Å². The molecule has 2 unspecified atom stereocenters. The molecule has 0 spiro atoms. The molecular formula is C19H28F8O2S. The van der Waals surface area contributed by atoms with Gasteiger partial charge in [-0.05, 0) is 61.7 Å². The van der Waals surface area contributed by atoms with E-state index >= 15 is 0 Å². The standard InChI is InChI=1S/C19H28F8O2S/c1-12-6-13-7-14(8-13)10-15(2,9-12)11-28-5-3-4-16(20,21)17(22,23)29-18(24,25)19(26,27)30/h12-14,30H,3-11H2,1-2H3. The van der Waals surface area contributed by atoms with Gasteiger partial charge in [-0.2, -0.15) is 35.1 Å². The molecule has 3 aliphatic carbocycles. The average molecular weight is 472 g/mol. The molecule has 0 aromatic heterocycles. The minimum atomic E-state index is -5.87.